The highest BCUT2D eigenvalue weighted by atomic mass is 19.1. The molecule has 0 saturated carbocycles. The highest BCUT2D eigenvalue weighted by Crippen LogP contribution is 2.28. The van der Waals surface area contributed by atoms with Crippen molar-refractivity contribution in [3.8, 4) is 0 Å². The lowest BCUT2D eigenvalue weighted by Crippen LogP contribution is -2.12. The first-order valence-electron chi connectivity index (χ1n) is 4.63. The van der Waals surface area contributed by atoms with Crippen LogP contribution in [-0.2, 0) is 6.42 Å². The van der Waals surface area contributed by atoms with E-state index in [1.807, 2.05) is 0 Å². The molecular formula is C11H17FN2. The van der Waals surface area contributed by atoms with Crippen molar-refractivity contribution in [2.75, 3.05) is 11.5 Å². The average Bonchev–Trinajstić information content (AvgIpc) is 1.96. The molecule has 0 saturated heterocycles. The van der Waals surface area contributed by atoms with Gasteiger partial charge in [0.2, 0.25) is 0 Å². The van der Waals surface area contributed by atoms with Gasteiger partial charge in [0, 0.05) is 0 Å². The van der Waals surface area contributed by atoms with Crippen molar-refractivity contribution in [3.05, 3.63) is 23.5 Å². The third-order valence-electron chi connectivity index (χ3n) is 1.98. The van der Waals surface area contributed by atoms with Gasteiger partial charge in [-0.3, -0.25) is 0 Å². The average molecular weight is 196 g/mol. The van der Waals surface area contributed by atoms with Gasteiger partial charge in [0.1, 0.15) is 5.82 Å². The molecule has 78 valence electrons. The first-order valence-corrected chi connectivity index (χ1v) is 4.63. The summed E-state index contributed by atoms with van der Waals surface area (Å²) in [6.45, 7) is 6.23. The van der Waals surface area contributed by atoms with Gasteiger partial charge >= 0.3 is 0 Å². The van der Waals surface area contributed by atoms with Crippen LogP contribution < -0.4 is 11.5 Å². The zero-order chi connectivity index (χ0) is 10.9. The summed E-state index contributed by atoms with van der Waals surface area (Å²) in [4.78, 5) is 0. The van der Waals surface area contributed by atoms with E-state index in [1.165, 1.54) is 12.1 Å². The van der Waals surface area contributed by atoms with Gasteiger partial charge in [-0.2, -0.15) is 0 Å². The van der Waals surface area contributed by atoms with Gasteiger partial charge in [-0.05, 0) is 29.5 Å². The van der Waals surface area contributed by atoms with Crippen molar-refractivity contribution in [1.29, 1.82) is 0 Å². The van der Waals surface area contributed by atoms with Crippen LogP contribution in [0.15, 0.2) is 12.1 Å². The van der Waals surface area contributed by atoms with E-state index in [2.05, 4.69) is 20.8 Å². The fraction of sp³-hybridized carbons (Fsp3) is 0.455. The van der Waals surface area contributed by atoms with Crippen molar-refractivity contribution >= 4 is 11.4 Å². The Morgan fingerprint density at radius 2 is 1.79 bits per heavy atom. The Hall–Kier alpha value is -1.25. The summed E-state index contributed by atoms with van der Waals surface area (Å²) < 4.78 is 13.0. The number of halogens is 1. The Balaban J connectivity index is 3.09. The third kappa shape index (κ3) is 2.62. The van der Waals surface area contributed by atoms with Crippen LogP contribution in [0.25, 0.3) is 0 Å². The quantitative estimate of drug-likeness (QED) is 0.678. The van der Waals surface area contributed by atoms with E-state index in [9.17, 15) is 4.39 Å². The van der Waals surface area contributed by atoms with Crippen LogP contribution >= 0.6 is 0 Å². The van der Waals surface area contributed by atoms with Crippen molar-refractivity contribution < 1.29 is 4.39 Å². The molecule has 1 aromatic rings. The first-order chi connectivity index (χ1) is 6.29. The van der Waals surface area contributed by atoms with Crippen molar-refractivity contribution in [2.24, 2.45) is 5.41 Å². The molecule has 0 aliphatic carbocycles. The number of nitrogens with two attached hydrogens (primary N) is 2. The largest absolute Gasteiger partial charge is 0.397 e. The molecular weight excluding hydrogens is 179 g/mol. The Bertz CT molecular complexity index is 340. The van der Waals surface area contributed by atoms with E-state index < -0.39 is 0 Å². The third-order valence-corrected chi connectivity index (χ3v) is 1.98. The van der Waals surface area contributed by atoms with E-state index in [-0.39, 0.29) is 11.2 Å². The predicted molar refractivity (Wildman–Crippen MR) is 58.4 cm³/mol. The van der Waals surface area contributed by atoms with Gasteiger partial charge in [0.25, 0.3) is 0 Å². The first kappa shape index (κ1) is 10.8. The van der Waals surface area contributed by atoms with Crippen LogP contribution in [0.2, 0.25) is 0 Å². The molecule has 0 atom stereocenters. The zero-order valence-electron chi connectivity index (χ0n) is 8.89. The van der Waals surface area contributed by atoms with Gasteiger partial charge in [-0.25, -0.2) is 4.39 Å². The molecule has 4 N–H and O–H groups in total. The maximum absolute atomic E-state index is 13.0. The number of hydrogen-bond acceptors (Lipinski definition) is 2. The second-order valence-corrected chi connectivity index (χ2v) is 4.81. The van der Waals surface area contributed by atoms with Gasteiger partial charge in [-0.1, -0.05) is 20.8 Å². The van der Waals surface area contributed by atoms with Crippen LogP contribution in [-0.4, -0.2) is 0 Å². The molecule has 0 bridgehead atoms. The Morgan fingerprint density at radius 3 is 2.29 bits per heavy atom. The fourth-order valence-corrected chi connectivity index (χ4v) is 1.42. The minimum Gasteiger partial charge on any atom is -0.397 e. The summed E-state index contributed by atoms with van der Waals surface area (Å²) in [5.41, 5.74) is 13.0. The molecule has 0 aliphatic rings. The minimum absolute atomic E-state index is 0.0777. The molecule has 0 amide bonds. The van der Waals surface area contributed by atoms with Crippen LogP contribution in [0.1, 0.15) is 26.3 Å². The Morgan fingerprint density at radius 1 is 1.21 bits per heavy atom. The highest BCUT2D eigenvalue weighted by molar-refractivity contribution is 5.67. The van der Waals surface area contributed by atoms with Crippen molar-refractivity contribution in [2.45, 2.75) is 27.2 Å². The molecule has 0 aromatic heterocycles. The molecule has 0 spiro atoms. The zero-order valence-corrected chi connectivity index (χ0v) is 8.89. The van der Waals surface area contributed by atoms with Crippen LogP contribution in [0, 0.1) is 11.2 Å². The van der Waals surface area contributed by atoms with E-state index >= 15 is 0 Å². The number of hydrogen-bond donors (Lipinski definition) is 2. The molecule has 0 radical (unpaired) electrons. The van der Waals surface area contributed by atoms with Gasteiger partial charge < -0.3 is 11.5 Å². The topological polar surface area (TPSA) is 52.0 Å². The Kier molecular flexibility index (Phi) is 2.69. The van der Waals surface area contributed by atoms with Crippen molar-refractivity contribution in [1.82, 2.24) is 0 Å². The SMILES string of the molecule is CC(C)(C)Cc1cc(F)cc(N)c1N. The van der Waals surface area contributed by atoms with Gasteiger partial charge in [-0.15, -0.1) is 0 Å². The second-order valence-electron chi connectivity index (χ2n) is 4.81. The highest BCUT2D eigenvalue weighted by Gasteiger charge is 2.15. The summed E-state index contributed by atoms with van der Waals surface area (Å²) in [5.74, 6) is -0.323. The summed E-state index contributed by atoms with van der Waals surface area (Å²) in [6, 6.07) is 2.71. The van der Waals surface area contributed by atoms with Crippen LogP contribution in [0.4, 0.5) is 15.8 Å². The summed E-state index contributed by atoms with van der Waals surface area (Å²) >= 11 is 0. The second kappa shape index (κ2) is 3.48. The monoisotopic (exact) mass is 196 g/mol. The maximum atomic E-state index is 13.0. The fourth-order valence-electron chi connectivity index (χ4n) is 1.42. The van der Waals surface area contributed by atoms with Gasteiger partial charge in [0.15, 0.2) is 0 Å². The molecule has 0 fully saturated rings. The van der Waals surface area contributed by atoms with Gasteiger partial charge in [0.05, 0.1) is 11.4 Å². The van der Waals surface area contributed by atoms with Crippen LogP contribution in [0.3, 0.4) is 0 Å². The number of anilines is 2. The molecule has 0 aliphatic heterocycles. The smallest absolute Gasteiger partial charge is 0.125 e. The van der Waals surface area contributed by atoms with E-state index in [0.717, 1.165) is 12.0 Å². The molecule has 14 heavy (non-hydrogen) atoms. The lowest BCUT2D eigenvalue weighted by molar-refractivity contribution is 0.411. The van der Waals surface area contributed by atoms with Crippen LogP contribution in [0.5, 0.6) is 0 Å². The summed E-state index contributed by atoms with van der Waals surface area (Å²) in [5, 5.41) is 0. The minimum atomic E-state index is -0.323. The van der Waals surface area contributed by atoms with E-state index in [0.29, 0.717) is 11.4 Å². The number of benzene rings is 1. The van der Waals surface area contributed by atoms with E-state index in [1.54, 1.807) is 0 Å². The molecule has 0 unspecified atom stereocenters. The van der Waals surface area contributed by atoms with E-state index in [4.69, 9.17) is 11.5 Å². The molecule has 1 rings (SSSR count). The molecule has 2 nitrogen and oxygen atoms in total. The maximum Gasteiger partial charge on any atom is 0.125 e. The summed E-state index contributed by atoms with van der Waals surface area (Å²) in [7, 11) is 0. The predicted octanol–water partition coefficient (Wildman–Crippen LogP) is 2.58. The molecule has 0 heterocycles. The lowest BCUT2D eigenvalue weighted by Gasteiger charge is -2.20. The molecule has 3 heteroatoms. The van der Waals surface area contributed by atoms with Crippen molar-refractivity contribution in [3.63, 3.8) is 0 Å². The molecule has 1 aromatic carbocycles. The Labute approximate surface area is 84.1 Å². The lowest BCUT2D eigenvalue weighted by atomic mass is 9.87. The summed E-state index contributed by atoms with van der Waals surface area (Å²) in [6.07, 6.45) is 0.723. The standard InChI is InChI=1S/C11H17FN2/c1-11(2,3)6-7-4-8(12)5-9(13)10(7)14/h4-5H,6,13-14H2,1-3H3. The number of rotatable bonds is 1. The normalized spacial score (nSPS) is 11.7. The number of nitrogen functional groups attached to an aromatic ring is 2.